The fourth-order valence-corrected chi connectivity index (χ4v) is 2.73. The van der Waals surface area contributed by atoms with Crippen molar-refractivity contribution in [3.05, 3.63) is 29.3 Å². The van der Waals surface area contributed by atoms with Crippen LogP contribution in [0.1, 0.15) is 57.8 Å². The van der Waals surface area contributed by atoms with E-state index in [1.807, 2.05) is 12.1 Å². The Morgan fingerprint density at radius 2 is 1.94 bits per heavy atom. The molecule has 1 aliphatic rings. The van der Waals surface area contributed by atoms with Gasteiger partial charge in [-0.1, -0.05) is 46.6 Å². The molecule has 1 heterocycles. The summed E-state index contributed by atoms with van der Waals surface area (Å²) in [6.45, 7) is 9.38. The Bertz CT molecular complexity index is 419. The average molecular weight is 248 g/mol. The first-order chi connectivity index (χ1) is 8.49. The molecule has 0 fully saturated rings. The Morgan fingerprint density at radius 3 is 2.56 bits per heavy atom. The largest absolute Gasteiger partial charge is 0.492 e. The summed E-state index contributed by atoms with van der Waals surface area (Å²) in [5, 5.41) is 10.4. The molecule has 18 heavy (non-hydrogen) atoms. The third kappa shape index (κ3) is 2.26. The zero-order valence-corrected chi connectivity index (χ0v) is 11.9. The lowest BCUT2D eigenvalue weighted by Gasteiger charge is -2.22. The Hall–Kier alpha value is -1.02. The van der Waals surface area contributed by atoms with Crippen molar-refractivity contribution < 1.29 is 9.84 Å². The van der Waals surface area contributed by atoms with E-state index in [1.165, 1.54) is 5.56 Å². The summed E-state index contributed by atoms with van der Waals surface area (Å²) in [5.74, 6) is 1.31. The summed E-state index contributed by atoms with van der Waals surface area (Å²) in [4.78, 5) is 0. The quantitative estimate of drug-likeness (QED) is 0.877. The molecule has 1 N–H and O–H groups in total. The van der Waals surface area contributed by atoms with Crippen LogP contribution in [-0.4, -0.2) is 11.7 Å². The average Bonchev–Trinajstić information content (AvgIpc) is 2.66. The van der Waals surface area contributed by atoms with E-state index < -0.39 is 0 Å². The van der Waals surface area contributed by atoms with E-state index >= 15 is 0 Å². The van der Waals surface area contributed by atoms with Crippen molar-refractivity contribution in [3.63, 3.8) is 0 Å². The molecule has 0 saturated heterocycles. The molecule has 0 saturated carbocycles. The number of hydrogen-bond donors (Lipinski definition) is 1. The third-order valence-electron chi connectivity index (χ3n) is 4.16. The van der Waals surface area contributed by atoms with Gasteiger partial charge >= 0.3 is 0 Å². The summed E-state index contributed by atoms with van der Waals surface area (Å²) in [7, 11) is 0. The van der Waals surface area contributed by atoms with Crippen LogP contribution in [-0.2, 0) is 5.41 Å². The maximum Gasteiger partial charge on any atom is 0.123 e. The van der Waals surface area contributed by atoms with Crippen molar-refractivity contribution in [3.8, 4) is 5.75 Å². The summed E-state index contributed by atoms with van der Waals surface area (Å²) in [5.41, 5.74) is 2.31. The Balaban J connectivity index is 2.32. The van der Waals surface area contributed by atoms with E-state index in [0.29, 0.717) is 5.92 Å². The van der Waals surface area contributed by atoms with Gasteiger partial charge in [-0.2, -0.15) is 0 Å². The smallest absolute Gasteiger partial charge is 0.123 e. The molecular weight excluding hydrogens is 224 g/mol. The number of aliphatic hydroxyl groups is 1. The molecule has 0 spiro atoms. The van der Waals surface area contributed by atoms with Gasteiger partial charge in [0.15, 0.2) is 0 Å². The molecule has 1 aromatic carbocycles. The van der Waals surface area contributed by atoms with Crippen LogP contribution in [0.3, 0.4) is 0 Å². The maximum atomic E-state index is 10.4. The monoisotopic (exact) mass is 248 g/mol. The molecule has 2 nitrogen and oxygen atoms in total. The van der Waals surface area contributed by atoms with Crippen molar-refractivity contribution in [2.75, 3.05) is 6.61 Å². The minimum absolute atomic E-state index is 0.0546. The van der Waals surface area contributed by atoms with Gasteiger partial charge in [-0.05, 0) is 23.6 Å². The highest BCUT2D eigenvalue weighted by Crippen LogP contribution is 2.40. The topological polar surface area (TPSA) is 29.5 Å². The van der Waals surface area contributed by atoms with Crippen LogP contribution in [0, 0.1) is 5.92 Å². The molecule has 1 aliphatic heterocycles. The SMILES string of the molecule is CCC(CC)C(O)c1ccc2c(c1)C(C)(C)CO2. The summed E-state index contributed by atoms with van der Waals surface area (Å²) in [6.07, 6.45) is 1.66. The van der Waals surface area contributed by atoms with Gasteiger partial charge in [-0.25, -0.2) is 0 Å². The molecule has 0 radical (unpaired) electrons. The predicted octanol–water partition coefficient (Wildman–Crippen LogP) is 3.83. The molecule has 0 aliphatic carbocycles. The fourth-order valence-electron chi connectivity index (χ4n) is 2.73. The zero-order chi connectivity index (χ0) is 13.3. The van der Waals surface area contributed by atoms with Crippen molar-refractivity contribution >= 4 is 0 Å². The molecule has 2 heteroatoms. The molecule has 0 amide bonds. The molecule has 1 atom stereocenters. The standard InChI is InChI=1S/C16H24O2/c1-5-11(6-2)15(17)12-7-8-14-13(9-12)16(3,4)10-18-14/h7-9,11,15,17H,5-6,10H2,1-4H3. The van der Waals surface area contributed by atoms with E-state index in [9.17, 15) is 5.11 Å². The highest BCUT2D eigenvalue weighted by molar-refractivity contribution is 5.45. The Morgan fingerprint density at radius 1 is 1.28 bits per heavy atom. The van der Waals surface area contributed by atoms with Crippen LogP contribution in [0.15, 0.2) is 18.2 Å². The van der Waals surface area contributed by atoms with Crippen LogP contribution in [0.5, 0.6) is 5.75 Å². The molecular formula is C16H24O2. The zero-order valence-electron chi connectivity index (χ0n) is 11.9. The summed E-state index contributed by atoms with van der Waals surface area (Å²) >= 11 is 0. The molecule has 0 bridgehead atoms. The van der Waals surface area contributed by atoms with Crippen molar-refractivity contribution in [2.45, 2.75) is 52.1 Å². The van der Waals surface area contributed by atoms with Crippen LogP contribution in [0.4, 0.5) is 0 Å². The van der Waals surface area contributed by atoms with Gasteiger partial charge in [-0.3, -0.25) is 0 Å². The molecule has 1 unspecified atom stereocenters. The number of hydrogen-bond acceptors (Lipinski definition) is 2. The lowest BCUT2D eigenvalue weighted by Crippen LogP contribution is -2.19. The van der Waals surface area contributed by atoms with Gasteiger partial charge < -0.3 is 9.84 Å². The molecule has 1 aromatic rings. The number of benzene rings is 1. The minimum atomic E-state index is -0.360. The predicted molar refractivity (Wildman–Crippen MR) is 74.0 cm³/mol. The number of rotatable bonds is 4. The lowest BCUT2D eigenvalue weighted by molar-refractivity contribution is 0.103. The Kier molecular flexibility index (Phi) is 3.67. The highest BCUT2D eigenvalue weighted by atomic mass is 16.5. The molecule has 2 rings (SSSR count). The molecule has 0 aromatic heterocycles. The van der Waals surface area contributed by atoms with E-state index in [1.54, 1.807) is 0 Å². The van der Waals surface area contributed by atoms with Gasteiger partial charge in [0, 0.05) is 11.0 Å². The first kappa shape index (κ1) is 13.4. The van der Waals surface area contributed by atoms with Gasteiger partial charge in [0.25, 0.3) is 0 Å². The Labute approximate surface area is 110 Å². The molecule has 100 valence electrons. The third-order valence-corrected chi connectivity index (χ3v) is 4.16. The van der Waals surface area contributed by atoms with Crippen molar-refractivity contribution in [2.24, 2.45) is 5.92 Å². The van der Waals surface area contributed by atoms with Gasteiger partial charge in [-0.15, -0.1) is 0 Å². The van der Waals surface area contributed by atoms with Crippen LogP contribution < -0.4 is 4.74 Å². The van der Waals surface area contributed by atoms with E-state index in [4.69, 9.17) is 4.74 Å². The van der Waals surface area contributed by atoms with E-state index in [0.717, 1.165) is 30.8 Å². The first-order valence-corrected chi connectivity index (χ1v) is 6.95. The van der Waals surface area contributed by atoms with E-state index in [-0.39, 0.29) is 11.5 Å². The van der Waals surface area contributed by atoms with Crippen molar-refractivity contribution in [1.29, 1.82) is 0 Å². The summed E-state index contributed by atoms with van der Waals surface area (Å²) in [6, 6.07) is 6.14. The second-order valence-electron chi connectivity index (χ2n) is 5.95. The summed E-state index contributed by atoms with van der Waals surface area (Å²) < 4.78 is 5.68. The normalized spacial score (nSPS) is 18.6. The van der Waals surface area contributed by atoms with Crippen LogP contribution >= 0.6 is 0 Å². The second-order valence-corrected chi connectivity index (χ2v) is 5.95. The number of aliphatic hydroxyl groups excluding tert-OH is 1. The lowest BCUT2D eigenvalue weighted by atomic mass is 9.84. The minimum Gasteiger partial charge on any atom is -0.492 e. The van der Waals surface area contributed by atoms with E-state index in [2.05, 4.69) is 33.8 Å². The van der Waals surface area contributed by atoms with Gasteiger partial charge in [0.1, 0.15) is 5.75 Å². The van der Waals surface area contributed by atoms with Gasteiger partial charge in [0.2, 0.25) is 0 Å². The van der Waals surface area contributed by atoms with Crippen molar-refractivity contribution in [1.82, 2.24) is 0 Å². The number of fused-ring (bicyclic) bond motifs is 1. The number of ether oxygens (including phenoxy) is 1. The van der Waals surface area contributed by atoms with Crippen LogP contribution in [0.25, 0.3) is 0 Å². The fraction of sp³-hybridized carbons (Fsp3) is 0.625. The second kappa shape index (κ2) is 4.93. The highest BCUT2D eigenvalue weighted by Gasteiger charge is 2.32. The van der Waals surface area contributed by atoms with Gasteiger partial charge in [0.05, 0.1) is 12.7 Å². The van der Waals surface area contributed by atoms with Crippen LogP contribution in [0.2, 0.25) is 0 Å². The maximum absolute atomic E-state index is 10.4. The first-order valence-electron chi connectivity index (χ1n) is 6.95.